The Morgan fingerprint density at radius 3 is 1.63 bits per heavy atom. The third kappa shape index (κ3) is 15.5. The van der Waals surface area contributed by atoms with E-state index < -0.39 is 31.1 Å². The maximum atomic E-state index is 10.8. The zero-order valence-electron chi connectivity index (χ0n) is 21.7. The largest absolute Gasteiger partial charge is 0.478 e. The second-order valence-electron chi connectivity index (χ2n) is 8.03. The minimum Gasteiger partial charge on any atom is -0.478 e. The second kappa shape index (κ2) is 21.2. The Morgan fingerprint density at radius 1 is 0.857 bits per heavy atom. The molecule has 1 unspecified atom stereocenters. The number of carboxylic acids is 2. The molecule has 0 saturated carbocycles. The average Bonchev–Trinajstić information content (AvgIpc) is 2.86. The first-order chi connectivity index (χ1) is 16.8. The van der Waals surface area contributed by atoms with Crippen LogP contribution in [0, 0.1) is 0 Å². The lowest BCUT2D eigenvalue weighted by molar-refractivity contribution is 0.0684. The fraction of sp³-hybridized carbons (Fsp3) is 0.440. The van der Waals surface area contributed by atoms with E-state index >= 15 is 0 Å². The zero-order chi connectivity index (χ0) is 26.5. The van der Waals surface area contributed by atoms with E-state index in [0.29, 0.717) is 11.1 Å². The standard InChI is InChI=1S/2C11H14O2.C3H15NO2Si3/c2*1-2-3-6-9-7-4-5-8-10(9)11(12)13;1-2-3-9(4)6-8-5-7/h2*4-5,7-8H,2-3,6H2,1H3,(H,12,13);9H,2-4,8H2,1,7H3. The van der Waals surface area contributed by atoms with Crippen LogP contribution in [0.2, 0.25) is 6.04 Å². The van der Waals surface area contributed by atoms with Gasteiger partial charge < -0.3 is 23.8 Å². The van der Waals surface area contributed by atoms with Crippen molar-refractivity contribution in [1.29, 1.82) is 0 Å². The third-order valence-electron chi connectivity index (χ3n) is 5.07. The molecule has 35 heavy (non-hydrogen) atoms. The third-order valence-corrected chi connectivity index (χ3v) is 9.41. The number of hydrogen-bond donors (Lipinski definition) is 3. The number of nitrogens with two attached hydrogens (primary N) is 1. The van der Waals surface area contributed by atoms with Gasteiger partial charge in [0.15, 0.2) is 0 Å². The van der Waals surface area contributed by atoms with Crippen molar-refractivity contribution >= 4 is 41.6 Å². The summed E-state index contributed by atoms with van der Waals surface area (Å²) in [4.78, 5) is 21.6. The lowest BCUT2D eigenvalue weighted by Crippen LogP contribution is -2.31. The maximum absolute atomic E-state index is 10.8. The van der Waals surface area contributed by atoms with Gasteiger partial charge in [-0.05, 0) is 55.0 Å². The minimum atomic E-state index is -1.26. The van der Waals surface area contributed by atoms with Crippen LogP contribution in [0.1, 0.15) is 84.7 Å². The normalized spacial score (nSPS) is 11.3. The molecule has 2 rings (SSSR count). The van der Waals surface area contributed by atoms with E-state index in [1.54, 1.807) is 24.3 Å². The zero-order valence-corrected chi connectivity index (χ0v) is 26.2. The molecule has 0 aliphatic rings. The van der Waals surface area contributed by atoms with E-state index in [-0.39, 0.29) is 0 Å². The van der Waals surface area contributed by atoms with Crippen LogP contribution in [0.3, 0.4) is 0 Å². The highest BCUT2D eigenvalue weighted by atomic mass is 28.4. The summed E-state index contributed by atoms with van der Waals surface area (Å²) in [7, 11) is -1.11. The number of carboxylic acid groups (broad SMARTS) is 2. The molecule has 2 aromatic carbocycles. The Hall–Kier alpha value is -2.09. The van der Waals surface area contributed by atoms with Gasteiger partial charge >= 0.3 is 11.9 Å². The Labute approximate surface area is 217 Å². The summed E-state index contributed by atoms with van der Waals surface area (Å²) in [5, 5.41) is 23.4. The van der Waals surface area contributed by atoms with Crippen molar-refractivity contribution in [2.45, 2.75) is 71.8 Å². The molecule has 196 valence electrons. The molecule has 7 nitrogen and oxygen atoms in total. The van der Waals surface area contributed by atoms with Crippen LogP contribution in [0.25, 0.3) is 0 Å². The van der Waals surface area contributed by atoms with E-state index in [1.807, 2.05) is 24.3 Å². The fourth-order valence-corrected chi connectivity index (χ4v) is 6.86. The number of aryl methyl sites for hydroxylation is 2. The summed E-state index contributed by atoms with van der Waals surface area (Å²) in [6.45, 7) is 6.33. The van der Waals surface area contributed by atoms with Crippen LogP contribution in [0.5, 0.6) is 0 Å². The van der Waals surface area contributed by atoms with E-state index in [9.17, 15) is 9.59 Å². The smallest absolute Gasteiger partial charge is 0.335 e. The molecular weight excluding hydrogens is 495 g/mol. The lowest BCUT2D eigenvalue weighted by atomic mass is 10.0. The second-order valence-corrected chi connectivity index (χ2v) is 13.6. The summed E-state index contributed by atoms with van der Waals surface area (Å²) in [6, 6.07) is 15.5. The summed E-state index contributed by atoms with van der Waals surface area (Å²) in [5.74, 6) is -1.65. The van der Waals surface area contributed by atoms with E-state index in [0.717, 1.165) is 72.6 Å². The van der Waals surface area contributed by atoms with E-state index in [1.165, 1.54) is 0 Å². The van der Waals surface area contributed by atoms with E-state index in [4.69, 9.17) is 23.8 Å². The number of aromatic carboxylic acids is 2. The molecule has 1 atom stereocenters. The topological polar surface area (TPSA) is 119 Å². The molecule has 0 saturated heterocycles. The first-order valence-electron chi connectivity index (χ1n) is 12.3. The number of benzene rings is 2. The van der Waals surface area contributed by atoms with Crippen LogP contribution in [-0.4, -0.2) is 51.8 Å². The van der Waals surface area contributed by atoms with Gasteiger partial charge in [-0.1, -0.05) is 76.4 Å². The molecule has 0 fully saturated rings. The van der Waals surface area contributed by atoms with Gasteiger partial charge in [-0.3, -0.25) is 0 Å². The number of rotatable bonds is 13. The van der Waals surface area contributed by atoms with Gasteiger partial charge in [-0.2, -0.15) is 0 Å². The van der Waals surface area contributed by atoms with Crippen molar-refractivity contribution in [3.63, 3.8) is 0 Å². The van der Waals surface area contributed by atoms with Crippen LogP contribution in [0.15, 0.2) is 48.5 Å². The Balaban J connectivity index is 0.000000506. The predicted molar refractivity (Wildman–Crippen MR) is 151 cm³/mol. The van der Waals surface area contributed by atoms with Crippen molar-refractivity contribution in [1.82, 2.24) is 0 Å². The molecule has 10 heteroatoms. The molecule has 0 heterocycles. The van der Waals surface area contributed by atoms with Crippen LogP contribution < -0.4 is 5.40 Å². The van der Waals surface area contributed by atoms with Crippen LogP contribution >= 0.6 is 0 Å². The van der Waals surface area contributed by atoms with Gasteiger partial charge in [0, 0.05) is 0 Å². The van der Waals surface area contributed by atoms with Gasteiger partial charge in [-0.25, -0.2) is 9.59 Å². The lowest BCUT2D eigenvalue weighted by Gasteiger charge is -2.07. The monoisotopic (exact) mass is 537 g/mol. The average molecular weight is 538 g/mol. The molecular formula is C25H43NO6Si3. The molecule has 2 aromatic rings. The van der Waals surface area contributed by atoms with Crippen LogP contribution in [0.4, 0.5) is 0 Å². The SMILES string of the molecule is CCCCc1ccccc1C(=O)O.CCCCc1ccccc1C(=O)O.CCC[SiH](N)O[SiH2]O[SiH3]. The molecule has 4 N–H and O–H groups in total. The molecule has 0 spiro atoms. The first kappa shape index (κ1) is 32.9. The first-order valence-corrected chi connectivity index (χ1v) is 16.2. The van der Waals surface area contributed by atoms with Crippen molar-refractivity contribution in [2.24, 2.45) is 5.40 Å². The van der Waals surface area contributed by atoms with Gasteiger partial charge in [0.2, 0.25) is 9.20 Å². The van der Waals surface area contributed by atoms with Crippen LogP contribution in [-0.2, 0) is 21.1 Å². The molecule has 0 aliphatic carbocycles. The molecule has 0 aliphatic heterocycles. The van der Waals surface area contributed by atoms with Gasteiger partial charge in [0.05, 0.1) is 11.1 Å². The number of hydrogen-bond acceptors (Lipinski definition) is 5. The highest BCUT2D eigenvalue weighted by molar-refractivity contribution is 6.54. The predicted octanol–water partition coefficient (Wildman–Crippen LogP) is 3.34. The summed E-state index contributed by atoms with van der Waals surface area (Å²) >= 11 is 0. The van der Waals surface area contributed by atoms with Crippen molar-refractivity contribution in [2.75, 3.05) is 0 Å². The van der Waals surface area contributed by atoms with E-state index in [2.05, 4.69) is 20.8 Å². The highest BCUT2D eigenvalue weighted by Gasteiger charge is 2.08. The van der Waals surface area contributed by atoms with Gasteiger partial charge in [0.1, 0.15) is 10.5 Å². The summed E-state index contributed by atoms with van der Waals surface area (Å²) < 4.78 is 10.3. The maximum Gasteiger partial charge on any atom is 0.335 e. The van der Waals surface area contributed by atoms with Crippen molar-refractivity contribution in [3.8, 4) is 0 Å². The quantitative estimate of drug-likeness (QED) is 0.335. The van der Waals surface area contributed by atoms with Gasteiger partial charge in [0.25, 0.3) is 10.0 Å². The molecule has 0 bridgehead atoms. The Bertz CT molecular complexity index is 792. The highest BCUT2D eigenvalue weighted by Crippen LogP contribution is 2.12. The Morgan fingerprint density at radius 2 is 1.29 bits per heavy atom. The minimum absolute atomic E-state index is 0.441. The molecule has 0 aromatic heterocycles. The summed E-state index contributed by atoms with van der Waals surface area (Å²) in [6.07, 6.45) is 7.14. The van der Waals surface area contributed by atoms with Crippen molar-refractivity contribution < 1.29 is 28.0 Å². The van der Waals surface area contributed by atoms with Crippen molar-refractivity contribution in [3.05, 3.63) is 70.8 Å². The fourth-order valence-electron chi connectivity index (χ4n) is 3.15. The molecule has 0 amide bonds. The Kier molecular flexibility index (Phi) is 19.9. The number of carbonyl (C=O) groups is 2. The number of unbranched alkanes of at least 4 members (excludes halogenated alkanes) is 2. The molecule has 0 radical (unpaired) electrons. The van der Waals surface area contributed by atoms with Gasteiger partial charge in [-0.15, -0.1) is 0 Å². The summed E-state index contributed by atoms with van der Waals surface area (Å²) in [5.41, 5.74) is 2.76.